The Balaban J connectivity index is 2.68. The molecule has 0 aliphatic rings. The van der Waals surface area contributed by atoms with Gasteiger partial charge in [-0.3, -0.25) is 0 Å². The second kappa shape index (κ2) is 11.8. The van der Waals surface area contributed by atoms with Gasteiger partial charge < -0.3 is 0 Å². The molecule has 16 heteroatoms. The minimum absolute atomic E-state index is 0.0846. The lowest BCUT2D eigenvalue weighted by atomic mass is 10.3. The Bertz CT molecular complexity index is 1110. The average molecular weight is 776 g/mol. The van der Waals surface area contributed by atoms with Crippen molar-refractivity contribution in [3.05, 3.63) is 75.3 Å². The van der Waals surface area contributed by atoms with Crippen LogP contribution in [-0.4, -0.2) is 8.80 Å². The smallest absolute Gasteiger partial charge is 0.0827 e. The molecule has 0 heterocycles. The molecule has 0 amide bonds. The molecule has 3 aromatic rings. The monoisotopic (exact) mass is 769 g/mol. The fourth-order valence-electron chi connectivity index (χ4n) is 2.85. The van der Waals surface area contributed by atoms with Gasteiger partial charge in [-0.2, -0.15) is 0 Å². The van der Waals surface area contributed by atoms with Crippen LogP contribution in [0.3, 0.4) is 0 Å². The molecule has 0 unspecified atom stereocenters. The highest BCUT2D eigenvalue weighted by atomic mass is 35.5. The molecule has 0 bridgehead atoms. The summed E-state index contributed by atoms with van der Waals surface area (Å²) in [6.45, 7) is 0. The summed E-state index contributed by atoms with van der Waals surface area (Å²) < 4.78 is 0. The van der Waals surface area contributed by atoms with Crippen molar-refractivity contribution in [2.75, 3.05) is 0 Å². The number of benzene rings is 3. The summed E-state index contributed by atoms with van der Waals surface area (Å²) in [5.41, 5.74) is 0. The lowest BCUT2D eigenvalue weighted by molar-refractivity contribution is 1.69. The average Bonchev–Trinajstić information content (AvgIpc) is 2.81. The van der Waals surface area contributed by atoms with E-state index >= 15 is 0 Å². The van der Waals surface area contributed by atoms with Crippen molar-refractivity contribution in [3.63, 3.8) is 0 Å². The molecule has 0 spiro atoms. The highest BCUT2D eigenvalue weighted by Gasteiger charge is 2.38. The first-order valence-electron chi connectivity index (χ1n) is 8.08. The van der Waals surface area contributed by atoms with Crippen molar-refractivity contribution in [3.8, 4) is 0 Å². The van der Waals surface area contributed by atoms with Crippen LogP contribution in [0.2, 0.25) is 75.3 Å². The molecular formula is C18Cl15Si. The van der Waals surface area contributed by atoms with Crippen LogP contribution in [-0.2, 0) is 0 Å². The molecule has 0 saturated heterocycles. The summed E-state index contributed by atoms with van der Waals surface area (Å²) in [6.07, 6.45) is 0. The van der Waals surface area contributed by atoms with Gasteiger partial charge in [0.05, 0.1) is 75.3 Å². The quantitative estimate of drug-likeness (QED) is 0.108. The van der Waals surface area contributed by atoms with Gasteiger partial charge in [0.15, 0.2) is 8.80 Å². The summed E-state index contributed by atoms with van der Waals surface area (Å²) in [5, 5.41) is -0.965. The van der Waals surface area contributed by atoms with Gasteiger partial charge >= 0.3 is 0 Å². The molecule has 0 aliphatic carbocycles. The van der Waals surface area contributed by atoms with Crippen LogP contribution in [0, 0.1) is 0 Å². The molecule has 0 aromatic heterocycles. The van der Waals surface area contributed by atoms with Gasteiger partial charge in [0.2, 0.25) is 0 Å². The Kier molecular flexibility index (Phi) is 10.6. The van der Waals surface area contributed by atoms with E-state index in [1.165, 1.54) is 0 Å². The zero-order chi connectivity index (χ0) is 26.0. The number of rotatable bonds is 3. The van der Waals surface area contributed by atoms with Crippen molar-refractivity contribution < 1.29 is 0 Å². The minimum Gasteiger partial charge on any atom is -0.0827 e. The Labute approximate surface area is 270 Å². The van der Waals surface area contributed by atoms with Crippen LogP contribution in [0.1, 0.15) is 0 Å². The van der Waals surface area contributed by atoms with Crippen molar-refractivity contribution >= 4 is 198 Å². The van der Waals surface area contributed by atoms with Gasteiger partial charge in [-0.25, -0.2) is 0 Å². The summed E-state index contributed by atoms with van der Waals surface area (Å²) in [6, 6.07) is 0. The van der Waals surface area contributed by atoms with Crippen molar-refractivity contribution in [1.82, 2.24) is 0 Å². The second-order valence-electron chi connectivity index (χ2n) is 6.21. The van der Waals surface area contributed by atoms with Gasteiger partial charge in [-0.1, -0.05) is 174 Å². The van der Waals surface area contributed by atoms with E-state index in [0.29, 0.717) is 0 Å². The van der Waals surface area contributed by atoms with E-state index in [0.717, 1.165) is 0 Å². The summed E-state index contributed by atoms with van der Waals surface area (Å²) >= 11 is 96.3. The van der Waals surface area contributed by atoms with Crippen LogP contribution in [0.15, 0.2) is 0 Å². The molecule has 0 N–H and O–H groups in total. The fourth-order valence-corrected chi connectivity index (χ4v) is 11.3. The molecule has 0 nitrogen and oxygen atoms in total. The summed E-state index contributed by atoms with van der Waals surface area (Å²) in [7, 11) is -2.71. The third-order valence-corrected chi connectivity index (χ3v) is 15.2. The van der Waals surface area contributed by atoms with Gasteiger partial charge in [0.1, 0.15) is 0 Å². The van der Waals surface area contributed by atoms with Gasteiger partial charge in [-0.05, 0) is 15.6 Å². The van der Waals surface area contributed by atoms with Crippen molar-refractivity contribution in [2.24, 2.45) is 0 Å². The third-order valence-electron chi connectivity index (χ3n) is 4.38. The second-order valence-corrected chi connectivity index (χ2v) is 14.1. The lowest BCUT2D eigenvalue weighted by Crippen LogP contribution is -2.55. The van der Waals surface area contributed by atoms with Crippen molar-refractivity contribution in [2.45, 2.75) is 0 Å². The van der Waals surface area contributed by atoms with Crippen molar-refractivity contribution in [1.29, 1.82) is 0 Å². The van der Waals surface area contributed by atoms with Gasteiger partial charge in [0.25, 0.3) is 0 Å². The van der Waals surface area contributed by atoms with Gasteiger partial charge in [-0.15, -0.1) is 0 Å². The van der Waals surface area contributed by atoms with Crippen LogP contribution in [0.4, 0.5) is 0 Å². The predicted octanol–water partition coefficient (Wildman–Crippen LogP) is 12.0. The Hall–Kier alpha value is 2.23. The molecule has 34 heavy (non-hydrogen) atoms. The highest BCUT2D eigenvalue weighted by Crippen LogP contribution is 2.44. The first kappa shape index (κ1) is 30.8. The zero-order valence-electron chi connectivity index (χ0n) is 15.2. The van der Waals surface area contributed by atoms with E-state index < -0.39 is 8.80 Å². The van der Waals surface area contributed by atoms with Crippen LogP contribution >= 0.6 is 174 Å². The SMILES string of the molecule is Clc1c(Cl)c(Cl)c([Si](c2c(Cl)c(Cl)c(Cl)c(Cl)c2Cl)c2c(Cl)c(Cl)c(Cl)c(Cl)c2Cl)c(Cl)c1Cl. The summed E-state index contributed by atoms with van der Waals surface area (Å²) in [4.78, 5) is 0. The Morgan fingerprint density at radius 2 is 0.324 bits per heavy atom. The largest absolute Gasteiger partial charge is 0.166 e. The van der Waals surface area contributed by atoms with E-state index in [4.69, 9.17) is 174 Å². The van der Waals surface area contributed by atoms with Crippen LogP contribution in [0.25, 0.3) is 0 Å². The fraction of sp³-hybridized carbons (Fsp3) is 0. The normalized spacial score (nSPS) is 11.6. The standard InChI is InChI=1S/C18Cl15Si/c19-1-4(22)10(28)16(11(29)5(1)23)34(17-12(30)6(24)2(20)7(25)13(17)31)18-14(32)8(26)3(21)9(27)15(18)33. The van der Waals surface area contributed by atoms with E-state index in [1.54, 1.807) is 0 Å². The molecule has 0 aliphatic heterocycles. The van der Waals surface area contributed by atoms with E-state index in [-0.39, 0.29) is 90.9 Å². The molecule has 3 aromatic carbocycles. The Morgan fingerprint density at radius 1 is 0.206 bits per heavy atom. The first-order valence-corrected chi connectivity index (χ1v) is 15.3. The topological polar surface area (TPSA) is 0 Å². The maximum atomic E-state index is 6.61. The molecule has 0 saturated carbocycles. The van der Waals surface area contributed by atoms with E-state index in [9.17, 15) is 0 Å². The maximum Gasteiger partial charge on any atom is 0.166 e. The zero-order valence-corrected chi connectivity index (χ0v) is 27.5. The molecule has 0 fully saturated rings. The maximum absolute atomic E-state index is 6.61. The van der Waals surface area contributed by atoms with Crippen LogP contribution in [0.5, 0.6) is 0 Å². The first-order chi connectivity index (χ1) is 15.7. The molecule has 1 radical (unpaired) electrons. The summed E-state index contributed by atoms with van der Waals surface area (Å²) in [5.74, 6) is 0. The number of hydrogen-bond donors (Lipinski definition) is 0. The highest BCUT2D eigenvalue weighted by molar-refractivity contribution is 7.02. The van der Waals surface area contributed by atoms with Crippen LogP contribution < -0.4 is 15.6 Å². The molecular weight excluding hydrogens is 776 g/mol. The predicted molar refractivity (Wildman–Crippen MR) is 159 cm³/mol. The number of hydrogen-bond acceptors (Lipinski definition) is 0. The molecule has 3 rings (SSSR count). The van der Waals surface area contributed by atoms with E-state index in [2.05, 4.69) is 0 Å². The molecule has 0 atom stereocenters. The lowest BCUT2D eigenvalue weighted by Gasteiger charge is -2.26. The third kappa shape index (κ3) is 5.08. The Morgan fingerprint density at radius 3 is 0.471 bits per heavy atom. The van der Waals surface area contributed by atoms with E-state index in [1.807, 2.05) is 0 Å². The molecule has 181 valence electrons. The number of halogens is 15. The minimum atomic E-state index is -2.71. The van der Waals surface area contributed by atoms with Gasteiger partial charge in [0, 0.05) is 0 Å².